The van der Waals surface area contributed by atoms with Gasteiger partial charge in [-0.2, -0.15) is 36.4 Å². The Morgan fingerprint density at radius 2 is 1.85 bits per heavy atom. The van der Waals surface area contributed by atoms with Crippen molar-refractivity contribution in [3.05, 3.63) is 69.8 Å². The molecular weight excluding hydrogens is 560 g/mol. The summed E-state index contributed by atoms with van der Waals surface area (Å²) in [4.78, 5) is 21.2. The number of fused-ring (bicyclic) bond motifs is 1. The number of nitrogens with zero attached hydrogens (tertiary/aromatic N) is 5. The molecule has 3 heterocycles. The highest BCUT2D eigenvalue weighted by Gasteiger charge is 2.38. The van der Waals surface area contributed by atoms with Crippen LogP contribution in [0.2, 0.25) is 0 Å². The van der Waals surface area contributed by atoms with Gasteiger partial charge in [0.25, 0.3) is 5.91 Å². The second-order valence-corrected chi connectivity index (χ2v) is 10.6. The first kappa shape index (κ1) is 28.2. The molecule has 3 aromatic rings. The lowest BCUT2D eigenvalue weighted by atomic mass is 10.0. The smallest absolute Gasteiger partial charge is 0.394 e. The van der Waals surface area contributed by atoms with Crippen LogP contribution in [0.25, 0.3) is 17.0 Å². The second kappa shape index (κ2) is 10.6. The number of benzene rings is 2. The van der Waals surface area contributed by atoms with E-state index in [0.717, 1.165) is 12.6 Å². The Hall–Kier alpha value is -3.36. The molecular formula is C26H23F6N5O2S. The summed E-state index contributed by atoms with van der Waals surface area (Å²) < 4.78 is 81.1. The van der Waals surface area contributed by atoms with Gasteiger partial charge in [0.2, 0.25) is 0 Å². The lowest BCUT2D eigenvalue weighted by molar-refractivity contribution is -0.143. The molecule has 40 heavy (non-hydrogen) atoms. The first-order chi connectivity index (χ1) is 18.8. The minimum absolute atomic E-state index is 0.0747. The summed E-state index contributed by atoms with van der Waals surface area (Å²) in [6.07, 6.45) is -6.79. The van der Waals surface area contributed by atoms with Gasteiger partial charge in [-0.3, -0.25) is 9.48 Å². The van der Waals surface area contributed by atoms with Crippen LogP contribution in [-0.4, -0.2) is 75.1 Å². The van der Waals surface area contributed by atoms with Gasteiger partial charge in [-0.05, 0) is 60.3 Å². The molecule has 0 bridgehead atoms. The number of aliphatic hydroxyl groups excluding tert-OH is 1. The van der Waals surface area contributed by atoms with E-state index in [1.165, 1.54) is 22.6 Å². The van der Waals surface area contributed by atoms with Gasteiger partial charge in [0.1, 0.15) is 0 Å². The fraction of sp³-hybridized carbons (Fsp3) is 0.346. The third kappa shape index (κ3) is 5.74. The number of carbonyl (C=O) groups is 1. The molecule has 1 unspecified atom stereocenters. The van der Waals surface area contributed by atoms with Crippen LogP contribution in [0.15, 0.2) is 52.5 Å². The Morgan fingerprint density at radius 3 is 2.55 bits per heavy atom. The number of piperazine rings is 1. The van der Waals surface area contributed by atoms with Crippen molar-refractivity contribution >= 4 is 39.8 Å². The van der Waals surface area contributed by atoms with Crippen LogP contribution in [0.5, 0.6) is 0 Å². The highest BCUT2D eigenvalue weighted by Crippen LogP contribution is 2.38. The van der Waals surface area contributed by atoms with Crippen molar-refractivity contribution in [3.8, 4) is 0 Å². The molecule has 2 aromatic carbocycles. The third-order valence-electron chi connectivity index (χ3n) is 6.78. The normalized spacial score (nSPS) is 20.1. The first-order valence-corrected chi connectivity index (χ1v) is 13.0. The summed E-state index contributed by atoms with van der Waals surface area (Å²) in [5, 5.41) is 15.0. The zero-order valence-corrected chi connectivity index (χ0v) is 21.8. The van der Waals surface area contributed by atoms with Gasteiger partial charge < -0.3 is 14.9 Å². The number of amides is 1. The Balaban J connectivity index is 1.37. The van der Waals surface area contributed by atoms with Crippen molar-refractivity contribution in [1.82, 2.24) is 19.6 Å². The lowest BCUT2D eigenvalue weighted by Crippen LogP contribution is -2.54. The summed E-state index contributed by atoms with van der Waals surface area (Å²) in [5.74, 6) is -0.409. The standard InChI is InChI=1S/C26H23F6N5O2S/c1-35-6-7-36(19(13-35)14-38)24-34-23(39)22(40-24)9-15-2-5-21-17(8-15)11-33-37(21)12-16-3-4-18(25(27,28)29)10-20(16)26(30,31)32/h2-5,8-11,19,38H,6-7,12-14H2,1H3. The molecule has 0 saturated carbocycles. The van der Waals surface area contributed by atoms with E-state index >= 15 is 0 Å². The molecule has 14 heteroatoms. The molecule has 1 fully saturated rings. The van der Waals surface area contributed by atoms with E-state index in [2.05, 4.69) is 15.0 Å². The number of hydrogen-bond donors (Lipinski definition) is 1. The molecule has 5 rings (SSSR count). The molecule has 0 spiro atoms. The van der Waals surface area contributed by atoms with E-state index in [0.29, 0.717) is 45.7 Å². The maximum atomic E-state index is 13.6. The maximum Gasteiger partial charge on any atom is 0.416 e. The quantitative estimate of drug-likeness (QED) is 0.355. The number of alkyl halides is 6. The topological polar surface area (TPSA) is 74.0 Å². The van der Waals surface area contributed by atoms with Crippen LogP contribution in [0.4, 0.5) is 26.3 Å². The molecule has 1 atom stereocenters. The van der Waals surface area contributed by atoms with Gasteiger partial charge in [0.15, 0.2) is 5.17 Å². The summed E-state index contributed by atoms with van der Waals surface area (Å²) >= 11 is 1.21. The van der Waals surface area contributed by atoms with E-state index in [1.54, 1.807) is 24.3 Å². The third-order valence-corrected chi connectivity index (χ3v) is 7.80. The van der Waals surface area contributed by atoms with Gasteiger partial charge in [-0.15, -0.1) is 0 Å². The zero-order chi connectivity index (χ0) is 28.8. The van der Waals surface area contributed by atoms with Crippen molar-refractivity contribution in [2.75, 3.05) is 33.3 Å². The zero-order valence-electron chi connectivity index (χ0n) is 21.0. The number of amidine groups is 1. The van der Waals surface area contributed by atoms with Crippen LogP contribution in [0.1, 0.15) is 22.3 Å². The maximum absolute atomic E-state index is 13.6. The minimum Gasteiger partial charge on any atom is -0.394 e. The number of aliphatic hydroxyl groups is 1. The summed E-state index contributed by atoms with van der Waals surface area (Å²) in [7, 11) is 1.96. The fourth-order valence-electron chi connectivity index (χ4n) is 4.73. The Morgan fingerprint density at radius 1 is 1.07 bits per heavy atom. The van der Waals surface area contributed by atoms with Gasteiger partial charge in [0.05, 0.1) is 46.9 Å². The average molecular weight is 584 g/mol. The fourth-order valence-corrected chi connectivity index (χ4v) is 5.74. The number of carbonyl (C=O) groups excluding carboxylic acids is 1. The first-order valence-electron chi connectivity index (χ1n) is 12.1. The largest absolute Gasteiger partial charge is 0.416 e. The SMILES string of the molecule is CN1CCN(C2=NC(=O)C(=Cc3ccc4c(cnn4Cc4ccc(C(F)(F)F)cc4C(F)(F)F)c3)S2)C(CO)C1. The minimum atomic E-state index is -4.98. The molecule has 1 aromatic heterocycles. The second-order valence-electron chi connectivity index (χ2n) is 9.59. The van der Waals surface area contributed by atoms with Crippen molar-refractivity contribution in [1.29, 1.82) is 0 Å². The van der Waals surface area contributed by atoms with Crippen molar-refractivity contribution in [2.24, 2.45) is 4.99 Å². The highest BCUT2D eigenvalue weighted by atomic mass is 32.2. The predicted octanol–water partition coefficient (Wildman–Crippen LogP) is 4.70. The van der Waals surface area contributed by atoms with Gasteiger partial charge in [-0.1, -0.05) is 12.1 Å². The Bertz CT molecular complexity index is 1510. The number of halogens is 6. The van der Waals surface area contributed by atoms with Crippen LogP contribution in [-0.2, 0) is 23.7 Å². The lowest BCUT2D eigenvalue weighted by Gasteiger charge is -2.39. The van der Waals surface area contributed by atoms with E-state index in [9.17, 15) is 36.2 Å². The predicted molar refractivity (Wildman–Crippen MR) is 138 cm³/mol. The molecule has 1 saturated heterocycles. The summed E-state index contributed by atoms with van der Waals surface area (Å²) in [6, 6.07) is 6.38. The number of rotatable bonds is 4. The molecule has 212 valence electrons. The van der Waals surface area contributed by atoms with Crippen LogP contribution >= 0.6 is 11.8 Å². The van der Waals surface area contributed by atoms with Crippen LogP contribution in [0.3, 0.4) is 0 Å². The molecule has 1 amide bonds. The number of hydrogen-bond acceptors (Lipinski definition) is 6. The van der Waals surface area contributed by atoms with E-state index in [-0.39, 0.29) is 30.8 Å². The van der Waals surface area contributed by atoms with E-state index in [1.807, 2.05) is 11.9 Å². The van der Waals surface area contributed by atoms with Gasteiger partial charge >= 0.3 is 12.4 Å². The average Bonchev–Trinajstić information content (AvgIpc) is 3.45. The molecule has 1 N–H and O–H groups in total. The van der Waals surface area contributed by atoms with Crippen molar-refractivity contribution < 1.29 is 36.2 Å². The monoisotopic (exact) mass is 583 g/mol. The van der Waals surface area contributed by atoms with E-state index in [4.69, 9.17) is 0 Å². The van der Waals surface area contributed by atoms with Crippen molar-refractivity contribution in [3.63, 3.8) is 0 Å². The Labute approximate surface area is 228 Å². The van der Waals surface area contributed by atoms with Crippen molar-refractivity contribution in [2.45, 2.75) is 24.9 Å². The van der Waals surface area contributed by atoms with Gasteiger partial charge in [-0.25, -0.2) is 0 Å². The van der Waals surface area contributed by atoms with Crippen LogP contribution in [0, 0.1) is 0 Å². The number of aromatic nitrogens is 2. The molecule has 0 radical (unpaired) electrons. The summed E-state index contributed by atoms with van der Waals surface area (Å²) in [5.41, 5.74) is -1.98. The molecule has 2 aliphatic rings. The number of aliphatic imine (C=N–C) groups is 1. The Kier molecular flexibility index (Phi) is 7.44. The molecule has 2 aliphatic heterocycles. The summed E-state index contributed by atoms with van der Waals surface area (Å²) in [6.45, 7) is 1.56. The van der Waals surface area contributed by atoms with Gasteiger partial charge in [0, 0.05) is 25.0 Å². The highest BCUT2D eigenvalue weighted by molar-refractivity contribution is 8.18. The molecule has 7 nitrogen and oxygen atoms in total. The number of likely N-dealkylation sites (N-methyl/N-ethyl adjacent to an activating group) is 1. The molecule has 0 aliphatic carbocycles. The number of thioether (sulfide) groups is 1. The van der Waals surface area contributed by atoms with Crippen LogP contribution < -0.4 is 0 Å². The van der Waals surface area contributed by atoms with E-state index < -0.39 is 29.4 Å².